The summed E-state index contributed by atoms with van der Waals surface area (Å²) >= 11 is 1.61. The average Bonchev–Trinajstić information content (AvgIpc) is 3.25. The van der Waals surface area contributed by atoms with Crippen LogP contribution in [0, 0.1) is 0 Å². The maximum atomic E-state index is 13.7. The van der Waals surface area contributed by atoms with Gasteiger partial charge >= 0.3 is 0 Å². The summed E-state index contributed by atoms with van der Waals surface area (Å²) in [5.74, 6) is -0.220. The highest BCUT2D eigenvalue weighted by atomic mass is 32.1. The van der Waals surface area contributed by atoms with Crippen LogP contribution in [-0.2, 0) is 4.79 Å². The number of likely N-dealkylation sites (N-methyl/N-ethyl adjacent to an activating group) is 1. The van der Waals surface area contributed by atoms with Gasteiger partial charge in [0.05, 0.1) is 12.0 Å². The average molecular weight is 398 g/mol. The molecule has 1 aromatic heterocycles. The third-order valence-electron chi connectivity index (χ3n) is 5.90. The minimum absolute atomic E-state index is 0.00850. The molecule has 4 rings (SSSR count). The fraction of sp³-hybridized carbons (Fsp3) is 0.455. The summed E-state index contributed by atoms with van der Waals surface area (Å²) in [7, 11) is 1.82. The van der Waals surface area contributed by atoms with Crippen LogP contribution in [0.25, 0.3) is 0 Å². The second-order valence-corrected chi connectivity index (χ2v) is 8.59. The number of carbonyl (C=O) groups excluding carboxylic acids is 2. The van der Waals surface area contributed by atoms with Crippen LogP contribution in [0.5, 0.6) is 0 Å². The Bertz CT molecular complexity index is 843. The summed E-state index contributed by atoms with van der Waals surface area (Å²) in [6.07, 6.45) is 1.14. The second-order valence-electron chi connectivity index (χ2n) is 7.61. The van der Waals surface area contributed by atoms with Crippen molar-refractivity contribution >= 4 is 23.2 Å². The summed E-state index contributed by atoms with van der Waals surface area (Å²) in [6, 6.07) is 11.4. The molecule has 0 spiro atoms. The van der Waals surface area contributed by atoms with Crippen LogP contribution >= 0.6 is 11.3 Å². The molecule has 1 saturated heterocycles. The number of piperazine rings is 1. The predicted octanol–water partition coefficient (Wildman–Crippen LogP) is 3.21. The Kier molecular flexibility index (Phi) is 5.51. The van der Waals surface area contributed by atoms with Crippen molar-refractivity contribution in [2.24, 2.45) is 0 Å². The first-order valence-electron chi connectivity index (χ1n) is 10.0. The Balaban J connectivity index is 1.68. The Morgan fingerprint density at radius 1 is 1.11 bits per heavy atom. The molecule has 5 nitrogen and oxygen atoms in total. The van der Waals surface area contributed by atoms with E-state index in [1.807, 2.05) is 53.7 Å². The molecule has 2 aliphatic rings. The van der Waals surface area contributed by atoms with Gasteiger partial charge in [-0.3, -0.25) is 14.5 Å². The smallest absolute Gasteiger partial charge is 0.254 e. The van der Waals surface area contributed by atoms with Crippen molar-refractivity contribution in [2.75, 3.05) is 39.8 Å². The topological polar surface area (TPSA) is 43.9 Å². The lowest BCUT2D eigenvalue weighted by atomic mass is 9.81. The summed E-state index contributed by atoms with van der Waals surface area (Å²) in [6.45, 7) is 6.63. The highest BCUT2D eigenvalue weighted by Crippen LogP contribution is 2.44. The maximum Gasteiger partial charge on any atom is 0.254 e. The lowest BCUT2D eigenvalue weighted by Crippen LogP contribution is -2.52. The van der Waals surface area contributed by atoms with E-state index in [1.165, 1.54) is 0 Å². The summed E-state index contributed by atoms with van der Waals surface area (Å²) in [5, 5.41) is 2.01. The number of carbonyl (C=O) groups is 2. The molecular weight excluding hydrogens is 370 g/mol. The van der Waals surface area contributed by atoms with E-state index in [0.29, 0.717) is 5.56 Å². The number of nitrogens with zero attached hydrogens (tertiary/aromatic N) is 3. The van der Waals surface area contributed by atoms with Crippen molar-refractivity contribution in [3.8, 4) is 0 Å². The molecule has 3 heterocycles. The van der Waals surface area contributed by atoms with Gasteiger partial charge in [0.15, 0.2) is 0 Å². The normalized spacial score (nSPS) is 23.0. The number of rotatable bonds is 4. The second kappa shape index (κ2) is 8.05. The molecule has 6 heteroatoms. The largest absolute Gasteiger partial charge is 0.340 e. The molecule has 2 aliphatic heterocycles. The number of fused-ring (bicyclic) bond motifs is 1. The first-order valence-corrected chi connectivity index (χ1v) is 10.9. The van der Waals surface area contributed by atoms with E-state index in [9.17, 15) is 9.59 Å². The van der Waals surface area contributed by atoms with Crippen molar-refractivity contribution in [2.45, 2.75) is 25.3 Å². The van der Waals surface area contributed by atoms with E-state index in [1.54, 1.807) is 16.2 Å². The van der Waals surface area contributed by atoms with Crippen LogP contribution in [0.3, 0.4) is 0 Å². The molecule has 0 saturated carbocycles. The number of thiophene rings is 1. The van der Waals surface area contributed by atoms with E-state index in [-0.39, 0.29) is 23.8 Å². The number of benzene rings is 1. The molecule has 0 bridgehead atoms. The Morgan fingerprint density at radius 2 is 1.86 bits per heavy atom. The van der Waals surface area contributed by atoms with Crippen LogP contribution in [0.15, 0.2) is 41.8 Å². The monoisotopic (exact) mass is 397 g/mol. The third-order valence-corrected chi connectivity index (χ3v) is 6.85. The first kappa shape index (κ1) is 19.2. The van der Waals surface area contributed by atoms with E-state index in [2.05, 4.69) is 11.8 Å². The Labute approximate surface area is 170 Å². The molecule has 0 radical (unpaired) electrons. The molecule has 2 unspecified atom stereocenters. The van der Waals surface area contributed by atoms with Gasteiger partial charge in [0, 0.05) is 43.7 Å². The summed E-state index contributed by atoms with van der Waals surface area (Å²) < 4.78 is 0. The molecule has 2 atom stereocenters. The lowest BCUT2D eigenvalue weighted by molar-refractivity contribution is -0.136. The van der Waals surface area contributed by atoms with Gasteiger partial charge in [-0.2, -0.15) is 0 Å². The van der Waals surface area contributed by atoms with Crippen molar-refractivity contribution in [3.05, 3.63) is 57.8 Å². The van der Waals surface area contributed by atoms with E-state index >= 15 is 0 Å². The van der Waals surface area contributed by atoms with Crippen molar-refractivity contribution < 1.29 is 9.59 Å². The first-order chi connectivity index (χ1) is 13.6. The van der Waals surface area contributed by atoms with Gasteiger partial charge in [-0.25, -0.2) is 0 Å². The van der Waals surface area contributed by atoms with Gasteiger partial charge in [0.25, 0.3) is 5.91 Å². The Morgan fingerprint density at radius 3 is 2.54 bits per heavy atom. The van der Waals surface area contributed by atoms with E-state index in [0.717, 1.165) is 49.6 Å². The van der Waals surface area contributed by atoms with Gasteiger partial charge in [0.1, 0.15) is 0 Å². The van der Waals surface area contributed by atoms with E-state index in [4.69, 9.17) is 0 Å². The van der Waals surface area contributed by atoms with Crippen LogP contribution in [0.2, 0.25) is 0 Å². The van der Waals surface area contributed by atoms with Gasteiger partial charge in [0.2, 0.25) is 5.91 Å². The zero-order valence-corrected chi connectivity index (χ0v) is 17.3. The molecule has 1 aromatic carbocycles. The number of hydrogen-bond donors (Lipinski definition) is 0. The minimum atomic E-state index is -0.352. The standard InChI is InChI=1S/C22H27N3O2S/c1-3-10-24-11-13-25(14-12-24)22(27)19-16-7-4-5-8-17(16)21(26)23(2)20(19)18-9-6-15-28-18/h4-9,15,19-20H,3,10-14H2,1-2H3. The molecule has 2 aromatic rings. The van der Waals surface area contributed by atoms with Crippen LogP contribution in [-0.4, -0.2) is 66.3 Å². The van der Waals surface area contributed by atoms with Crippen LogP contribution < -0.4 is 0 Å². The molecule has 1 fully saturated rings. The highest BCUT2D eigenvalue weighted by molar-refractivity contribution is 7.10. The molecule has 2 amide bonds. The molecule has 148 valence electrons. The number of hydrogen-bond acceptors (Lipinski definition) is 4. The van der Waals surface area contributed by atoms with Crippen molar-refractivity contribution in [3.63, 3.8) is 0 Å². The SMILES string of the molecule is CCCN1CCN(C(=O)C2c3ccccc3C(=O)N(C)C2c2cccs2)CC1. The van der Waals surface area contributed by atoms with Crippen LogP contribution in [0.4, 0.5) is 0 Å². The zero-order chi connectivity index (χ0) is 19.7. The third kappa shape index (κ3) is 3.35. The minimum Gasteiger partial charge on any atom is -0.340 e. The van der Waals surface area contributed by atoms with Gasteiger partial charge < -0.3 is 9.80 Å². The molecular formula is C22H27N3O2S. The quantitative estimate of drug-likeness (QED) is 0.796. The van der Waals surface area contributed by atoms with Gasteiger partial charge in [-0.15, -0.1) is 11.3 Å². The molecule has 0 aliphatic carbocycles. The zero-order valence-electron chi connectivity index (χ0n) is 16.5. The van der Waals surface area contributed by atoms with E-state index < -0.39 is 0 Å². The fourth-order valence-electron chi connectivity index (χ4n) is 4.46. The van der Waals surface area contributed by atoms with Crippen molar-refractivity contribution in [1.29, 1.82) is 0 Å². The summed E-state index contributed by atoms with van der Waals surface area (Å²) in [4.78, 5) is 33.9. The van der Waals surface area contributed by atoms with Gasteiger partial charge in [-0.1, -0.05) is 31.2 Å². The number of amides is 2. The lowest BCUT2D eigenvalue weighted by Gasteiger charge is -2.42. The molecule has 28 heavy (non-hydrogen) atoms. The van der Waals surface area contributed by atoms with Crippen molar-refractivity contribution in [1.82, 2.24) is 14.7 Å². The Hall–Kier alpha value is -2.18. The predicted molar refractivity (Wildman–Crippen MR) is 112 cm³/mol. The fourth-order valence-corrected chi connectivity index (χ4v) is 5.37. The maximum absolute atomic E-state index is 13.7. The molecule has 0 N–H and O–H groups in total. The highest BCUT2D eigenvalue weighted by Gasteiger charge is 2.44. The van der Waals surface area contributed by atoms with Crippen LogP contribution in [0.1, 0.15) is 46.1 Å². The van der Waals surface area contributed by atoms with Gasteiger partial charge in [-0.05, 0) is 36.0 Å². The summed E-state index contributed by atoms with van der Waals surface area (Å²) in [5.41, 5.74) is 1.52.